The van der Waals surface area contributed by atoms with Crippen LogP contribution in [0.25, 0.3) is 0 Å². The highest BCUT2D eigenvalue weighted by Crippen LogP contribution is 2.30. The molecule has 2 heterocycles. The number of nitrogens with one attached hydrogen (secondary N) is 1. The van der Waals surface area contributed by atoms with Gasteiger partial charge in [0.05, 0.1) is 21.9 Å². The number of halogens is 1. The second-order valence-electron chi connectivity index (χ2n) is 4.56. The van der Waals surface area contributed by atoms with E-state index in [9.17, 15) is 0 Å². The van der Waals surface area contributed by atoms with Crippen LogP contribution in [0.1, 0.15) is 34.8 Å². The summed E-state index contributed by atoms with van der Waals surface area (Å²) in [5.41, 5.74) is 6.48. The van der Waals surface area contributed by atoms with Crippen molar-refractivity contribution in [2.24, 2.45) is 12.9 Å². The molecule has 0 aliphatic carbocycles. The maximum atomic E-state index is 5.75. The third-order valence-electron chi connectivity index (χ3n) is 3.34. The summed E-state index contributed by atoms with van der Waals surface area (Å²) in [6.45, 7) is 4.17. The Bertz CT molecular complexity index is 561. The highest BCUT2D eigenvalue weighted by molar-refractivity contribution is 9.10. The van der Waals surface area contributed by atoms with E-state index < -0.39 is 0 Å². The van der Waals surface area contributed by atoms with E-state index in [0.717, 1.165) is 28.7 Å². The molecule has 0 saturated carbocycles. The lowest BCUT2D eigenvalue weighted by Gasteiger charge is -2.16. The number of thiophene rings is 1. The number of hydrazine groups is 1. The zero-order valence-electron chi connectivity index (χ0n) is 11.4. The van der Waals surface area contributed by atoms with E-state index in [2.05, 4.69) is 44.8 Å². The molecule has 6 heteroatoms. The van der Waals surface area contributed by atoms with Gasteiger partial charge < -0.3 is 0 Å². The van der Waals surface area contributed by atoms with Crippen LogP contribution in [0.3, 0.4) is 0 Å². The molecule has 0 fully saturated rings. The van der Waals surface area contributed by atoms with Crippen LogP contribution in [0, 0.1) is 6.92 Å². The molecule has 0 bridgehead atoms. The molecule has 2 aromatic heterocycles. The van der Waals surface area contributed by atoms with Crippen LogP contribution in [-0.4, -0.2) is 9.78 Å². The van der Waals surface area contributed by atoms with E-state index in [1.807, 2.05) is 18.7 Å². The van der Waals surface area contributed by atoms with E-state index >= 15 is 0 Å². The van der Waals surface area contributed by atoms with Gasteiger partial charge in [-0.2, -0.15) is 5.10 Å². The summed E-state index contributed by atoms with van der Waals surface area (Å²) in [4.78, 5) is 1.32. The molecular weight excluding hydrogens is 324 g/mol. The lowest BCUT2D eigenvalue weighted by molar-refractivity contribution is 0.533. The van der Waals surface area contributed by atoms with Crippen molar-refractivity contribution >= 4 is 27.3 Å². The van der Waals surface area contributed by atoms with E-state index in [4.69, 9.17) is 5.84 Å². The minimum Gasteiger partial charge on any atom is -0.271 e. The zero-order valence-corrected chi connectivity index (χ0v) is 13.8. The van der Waals surface area contributed by atoms with E-state index in [1.165, 1.54) is 10.4 Å². The highest BCUT2D eigenvalue weighted by atomic mass is 79.9. The molecule has 104 valence electrons. The standard InChI is InChI=1S/C13H19BrN4S/c1-4-9-5-6-19-13(9)10(16-15)7-11-12(14)8(2)17-18(11)3/h5-6,10,16H,4,7,15H2,1-3H3. The maximum Gasteiger partial charge on any atom is 0.0738 e. The normalized spacial score (nSPS) is 12.9. The summed E-state index contributed by atoms with van der Waals surface area (Å²) >= 11 is 5.37. The first-order valence-corrected chi connectivity index (χ1v) is 7.96. The Morgan fingerprint density at radius 1 is 1.58 bits per heavy atom. The van der Waals surface area contributed by atoms with Crippen molar-refractivity contribution in [3.63, 3.8) is 0 Å². The van der Waals surface area contributed by atoms with Crippen LogP contribution in [0.2, 0.25) is 0 Å². The van der Waals surface area contributed by atoms with Crippen LogP contribution < -0.4 is 11.3 Å². The predicted molar refractivity (Wildman–Crippen MR) is 83.1 cm³/mol. The first-order valence-electron chi connectivity index (χ1n) is 6.28. The summed E-state index contributed by atoms with van der Waals surface area (Å²) < 4.78 is 2.99. The molecule has 3 N–H and O–H groups in total. The minimum atomic E-state index is 0.126. The summed E-state index contributed by atoms with van der Waals surface area (Å²) in [5.74, 6) is 5.75. The topological polar surface area (TPSA) is 55.9 Å². The summed E-state index contributed by atoms with van der Waals surface area (Å²) in [7, 11) is 1.97. The van der Waals surface area contributed by atoms with Gasteiger partial charge in [-0.1, -0.05) is 6.92 Å². The van der Waals surface area contributed by atoms with Crippen molar-refractivity contribution in [2.75, 3.05) is 0 Å². The largest absolute Gasteiger partial charge is 0.271 e. The van der Waals surface area contributed by atoms with E-state index in [1.54, 1.807) is 11.3 Å². The number of nitrogens with two attached hydrogens (primary N) is 1. The minimum absolute atomic E-state index is 0.126. The fourth-order valence-corrected chi connectivity index (χ4v) is 3.82. The second-order valence-corrected chi connectivity index (χ2v) is 6.30. The van der Waals surface area contributed by atoms with Crippen molar-refractivity contribution < 1.29 is 0 Å². The molecule has 0 spiro atoms. The monoisotopic (exact) mass is 342 g/mol. The molecule has 2 aromatic rings. The van der Waals surface area contributed by atoms with Crippen LogP contribution in [0.5, 0.6) is 0 Å². The first-order chi connectivity index (χ1) is 9.08. The number of aryl methyl sites for hydroxylation is 3. The molecule has 2 rings (SSSR count). The van der Waals surface area contributed by atoms with Crippen molar-refractivity contribution in [1.29, 1.82) is 0 Å². The van der Waals surface area contributed by atoms with Gasteiger partial charge in [0.15, 0.2) is 0 Å². The van der Waals surface area contributed by atoms with Gasteiger partial charge in [-0.05, 0) is 46.3 Å². The molecule has 1 atom stereocenters. The van der Waals surface area contributed by atoms with Gasteiger partial charge in [0.1, 0.15) is 0 Å². The van der Waals surface area contributed by atoms with Crippen molar-refractivity contribution in [3.8, 4) is 0 Å². The van der Waals surface area contributed by atoms with Gasteiger partial charge in [-0.3, -0.25) is 16.0 Å². The highest BCUT2D eigenvalue weighted by Gasteiger charge is 2.20. The average Bonchev–Trinajstić information content (AvgIpc) is 2.95. The Kier molecular flexibility index (Phi) is 4.78. The second kappa shape index (κ2) is 6.17. The first kappa shape index (κ1) is 14.7. The van der Waals surface area contributed by atoms with Gasteiger partial charge in [-0.15, -0.1) is 11.3 Å². The number of nitrogens with zero attached hydrogens (tertiary/aromatic N) is 2. The van der Waals surface area contributed by atoms with Gasteiger partial charge in [0, 0.05) is 18.3 Å². The maximum absolute atomic E-state index is 5.75. The Morgan fingerprint density at radius 2 is 2.32 bits per heavy atom. The summed E-state index contributed by atoms with van der Waals surface area (Å²) in [5, 5.41) is 6.55. The zero-order chi connectivity index (χ0) is 14.0. The number of hydrogen-bond acceptors (Lipinski definition) is 4. The van der Waals surface area contributed by atoms with E-state index in [0.29, 0.717) is 0 Å². The van der Waals surface area contributed by atoms with Crippen molar-refractivity contribution in [1.82, 2.24) is 15.2 Å². The third kappa shape index (κ3) is 2.91. The summed E-state index contributed by atoms with van der Waals surface area (Å²) in [6, 6.07) is 2.30. The molecule has 0 saturated heterocycles. The quantitative estimate of drug-likeness (QED) is 0.648. The number of hydrogen-bond donors (Lipinski definition) is 2. The molecule has 0 aromatic carbocycles. The summed E-state index contributed by atoms with van der Waals surface area (Å²) in [6.07, 6.45) is 1.85. The fourth-order valence-electron chi connectivity index (χ4n) is 2.27. The Hall–Kier alpha value is -0.690. The lowest BCUT2D eigenvalue weighted by Crippen LogP contribution is -2.30. The lowest BCUT2D eigenvalue weighted by atomic mass is 10.1. The van der Waals surface area contributed by atoms with Crippen molar-refractivity contribution in [3.05, 3.63) is 37.7 Å². The molecule has 19 heavy (non-hydrogen) atoms. The van der Waals surface area contributed by atoms with Crippen LogP contribution in [0.4, 0.5) is 0 Å². The number of aromatic nitrogens is 2. The molecule has 0 radical (unpaired) electrons. The van der Waals surface area contributed by atoms with Gasteiger partial charge >= 0.3 is 0 Å². The van der Waals surface area contributed by atoms with Crippen LogP contribution >= 0.6 is 27.3 Å². The fraction of sp³-hybridized carbons (Fsp3) is 0.462. The Labute approximate surface area is 126 Å². The molecule has 4 nitrogen and oxygen atoms in total. The van der Waals surface area contributed by atoms with Gasteiger partial charge in [0.25, 0.3) is 0 Å². The number of rotatable bonds is 5. The molecular formula is C13H19BrN4S. The average molecular weight is 343 g/mol. The van der Waals surface area contributed by atoms with Gasteiger partial charge in [-0.25, -0.2) is 0 Å². The molecule has 0 amide bonds. The predicted octanol–water partition coefficient (Wildman–Crippen LogP) is 2.86. The van der Waals surface area contributed by atoms with Crippen LogP contribution in [0.15, 0.2) is 15.9 Å². The van der Waals surface area contributed by atoms with Crippen LogP contribution in [-0.2, 0) is 19.9 Å². The molecule has 0 aliphatic heterocycles. The third-order valence-corrected chi connectivity index (χ3v) is 5.44. The Morgan fingerprint density at radius 3 is 2.84 bits per heavy atom. The molecule has 1 unspecified atom stereocenters. The Balaban J connectivity index is 2.29. The SMILES string of the molecule is CCc1ccsc1C(Cc1c(Br)c(C)nn1C)NN. The smallest absolute Gasteiger partial charge is 0.0738 e. The molecule has 0 aliphatic rings. The van der Waals surface area contributed by atoms with Gasteiger partial charge in [0.2, 0.25) is 0 Å². The van der Waals surface area contributed by atoms with E-state index in [-0.39, 0.29) is 6.04 Å². The van der Waals surface area contributed by atoms with Crippen molar-refractivity contribution in [2.45, 2.75) is 32.7 Å².